The van der Waals surface area contributed by atoms with Crippen LogP contribution in [-0.2, 0) is 9.53 Å². The molecule has 0 spiro atoms. The van der Waals surface area contributed by atoms with Crippen LogP contribution in [0.25, 0.3) is 0 Å². The Morgan fingerprint density at radius 1 is 1.50 bits per heavy atom. The monoisotopic (exact) mass is 245 g/mol. The minimum atomic E-state index is -0.220. The van der Waals surface area contributed by atoms with Crippen LogP contribution in [0.1, 0.15) is 26.7 Å². The second kappa shape index (κ2) is 9.73. The molecule has 0 rings (SSSR count). The first-order chi connectivity index (χ1) is 7.69. The van der Waals surface area contributed by atoms with Gasteiger partial charge in [0, 0.05) is 23.9 Å². The van der Waals surface area contributed by atoms with Crippen LogP contribution < -0.4 is 5.32 Å². The van der Waals surface area contributed by atoms with Crippen LogP contribution in [0.3, 0.4) is 0 Å². The summed E-state index contributed by atoms with van der Waals surface area (Å²) in [5, 5.41) is 3.41. The third-order valence-electron chi connectivity index (χ3n) is 2.44. The van der Waals surface area contributed by atoms with E-state index in [1.54, 1.807) is 0 Å². The van der Waals surface area contributed by atoms with Crippen LogP contribution in [0.15, 0.2) is 11.6 Å². The third kappa shape index (κ3) is 6.18. The summed E-state index contributed by atoms with van der Waals surface area (Å²) in [6.07, 6.45) is 5.85. The number of ether oxygens (including phenoxy) is 1. The van der Waals surface area contributed by atoms with Gasteiger partial charge in [0.05, 0.1) is 7.11 Å². The van der Waals surface area contributed by atoms with Crippen LogP contribution in [-0.4, -0.2) is 37.7 Å². The third-order valence-corrected chi connectivity index (χ3v) is 3.18. The lowest BCUT2D eigenvalue weighted by Crippen LogP contribution is -2.31. The summed E-state index contributed by atoms with van der Waals surface area (Å²) in [6.45, 7) is 4.86. The van der Waals surface area contributed by atoms with E-state index in [1.165, 1.54) is 7.11 Å². The smallest absolute Gasteiger partial charge is 0.333 e. The molecule has 1 N–H and O–H groups in total. The maximum atomic E-state index is 11.3. The van der Waals surface area contributed by atoms with Crippen molar-refractivity contribution < 1.29 is 9.53 Å². The highest BCUT2D eigenvalue weighted by Gasteiger charge is 2.07. The Hall–Kier alpha value is -0.480. The van der Waals surface area contributed by atoms with Crippen molar-refractivity contribution in [1.29, 1.82) is 0 Å². The molecular formula is C12H23NO2S. The summed E-state index contributed by atoms with van der Waals surface area (Å²) >= 11 is 1.83. The van der Waals surface area contributed by atoms with E-state index in [0.29, 0.717) is 12.5 Å². The Balaban J connectivity index is 4.07. The number of hydrogen-bond donors (Lipinski definition) is 1. The number of thioether (sulfide) groups is 1. The quantitative estimate of drug-likeness (QED) is 0.526. The zero-order valence-electron chi connectivity index (χ0n) is 10.7. The fraction of sp³-hybridized carbons (Fsp3) is 0.750. The molecule has 0 aliphatic heterocycles. The fourth-order valence-electron chi connectivity index (χ4n) is 1.37. The first-order valence-electron chi connectivity index (χ1n) is 5.69. The van der Waals surface area contributed by atoms with Crippen molar-refractivity contribution in [3.05, 3.63) is 11.6 Å². The molecule has 0 saturated carbocycles. The van der Waals surface area contributed by atoms with Crippen molar-refractivity contribution in [1.82, 2.24) is 5.32 Å². The summed E-state index contributed by atoms with van der Waals surface area (Å²) < 4.78 is 4.70. The molecule has 16 heavy (non-hydrogen) atoms. The second-order valence-electron chi connectivity index (χ2n) is 3.54. The number of esters is 1. The van der Waals surface area contributed by atoms with Gasteiger partial charge in [-0.05, 0) is 19.1 Å². The lowest BCUT2D eigenvalue weighted by atomic mass is 10.2. The highest BCUT2D eigenvalue weighted by atomic mass is 32.2. The Morgan fingerprint density at radius 2 is 2.19 bits per heavy atom. The van der Waals surface area contributed by atoms with Crippen LogP contribution in [0.5, 0.6) is 0 Å². The number of carbonyl (C=O) groups is 1. The highest BCUT2D eigenvalue weighted by molar-refractivity contribution is 7.98. The summed E-state index contributed by atoms with van der Waals surface area (Å²) in [5.41, 5.74) is 0.744. The zero-order valence-corrected chi connectivity index (χ0v) is 11.5. The average Bonchev–Trinajstić information content (AvgIpc) is 2.32. The van der Waals surface area contributed by atoms with E-state index in [0.717, 1.165) is 24.3 Å². The number of nitrogens with one attached hydrogen (secondary N) is 1. The highest BCUT2D eigenvalue weighted by Crippen LogP contribution is 2.04. The van der Waals surface area contributed by atoms with Crippen molar-refractivity contribution in [2.75, 3.05) is 25.7 Å². The molecule has 0 aliphatic carbocycles. The Kier molecular flexibility index (Phi) is 9.43. The van der Waals surface area contributed by atoms with Crippen molar-refractivity contribution in [2.45, 2.75) is 32.7 Å². The molecule has 0 aromatic heterocycles. The predicted molar refractivity (Wildman–Crippen MR) is 70.9 cm³/mol. The van der Waals surface area contributed by atoms with Gasteiger partial charge in [0.15, 0.2) is 0 Å². The van der Waals surface area contributed by atoms with E-state index in [2.05, 4.69) is 18.5 Å². The number of carbonyl (C=O) groups excluding carboxylic acids is 1. The maximum absolute atomic E-state index is 11.3. The van der Waals surface area contributed by atoms with Gasteiger partial charge < -0.3 is 10.1 Å². The van der Waals surface area contributed by atoms with E-state index >= 15 is 0 Å². The van der Waals surface area contributed by atoms with E-state index in [9.17, 15) is 4.79 Å². The van der Waals surface area contributed by atoms with Crippen molar-refractivity contribution >= 4 is 17.7 Å². The van der Waals surface area contributed by atoms with Gasteiger partial charge in [0.1, 0.15) is 0 Å². The average molecular weight is 245 g/mol. The molecule has 0 saturated heterocycles. The number of hydrogen-bond acceptors (Lipinski definition) is 4. The maximum Gasteiger partial charge on any atom is 0.333 e. The molecule has 1 atom stereocenters. The van der Waals surface area contributed by atoms with E-state index in [-0.39, 0.29) is 5.97 Å². The van der Waals surface area contributed by atoms with E-state index in [4.69, 9.17) is 4.74 Å². The van der Waals surface area contributed by atoms with Gasteiger partial charge in [-0.15, -0.1) is 0 Å². The number of rotatable bonds is 8. The minimum Gasteiger partial charge on any atom is -0.466 e. The predicted octanol–water partition coefficient (Wildman–Crippen LogP) is 2.23. The normalized spacial score (nSPS) is 13.6. The Labute approximate surface area is 103 Å². The standard InChI is InChI=1S/C12H23NO2S/c1-5-10(12(14)15-3)7-8-13-11(6-2)9-16-4/h7,11,13H,5-6,8-9H2,1-4H3/b10-7-. The first-order valence-corrected chi connectivity index (χ1v) is 7.08. The van der Waals surface area contributed by atoms with Crippen LogP contribution in [0.4, 0.5) is 0 Å². The molecule has 0 aliphatic rings. The summed E-state index contributed by atoms with van der Waals surface area (Å²) in [4.78, 5) is 11.3. The van der Waals surface area contributed by atoms with Crippen LogP contribution >= 0.6 is 11.8 Å². The zero-order chi connectivity index (χ0) is 12.4. The Morgan fingerprint density at radius 3 is 2.62 bits per heavy atom. The molecular weight excluding hydrogens is 222 g/mol. The molecule has 0 heterocycles. The van der Waals surface area contributed by atoms with Gasteiger partial charge in [-0.2, -0.15) is 11.8 Å². The summed E-state index contributed by atoms with van der Waals surface area (Å²) in [7, 11) is 1.42. The van der Waals surface area contributed by atoms with Gasteiger partial charge in [0.2, 0.25) is 0 Å². The minimum absolute atomic E-state index is 0.220. The lowest BCUT2D eigenvalue weighted by molar-refractivity contribution is -0.136. The lowest BCUT2D eigenvalue weighted by Gasteiger charge is -2.14. The molecule has 94 valence electrons. The molecule has 0 aromatic rings. The van der Waals surface area contributed by atoms with Crippen LogP contribution in [0.2, 0.25) is 0 Å². The molecule has 0 amide bonds. The number of methoxy groups -OCH3 is 1. The van der Waals surface area contributed by atoms with Gasteiger partial charge in [-0.1, -0.05) is 19.9 Å². The van der Waals surface area contributed by atoms with Crippen molar-refractivity contribution in [3.8, 4) is 0 Å². The molecule has 0 aromatic carbocycles. The van der Waals surface area contributed by atoms with Gasteiger partial charge >= 0.3 is 5.97 Å². The van der Waals surface area contributed by atoms with Crippen LogP contribution in [0, 0.1) is 0 Å². The summed E-state index contributed by atoms with van der Waals surface area (Å²) in [5.74, 6) is 0.881. The van der Waals surface area contributed by atoms with Gasteiger partial charge in [-0.25, -0.2) is 4.79 Å². The largest absolute Gasteiger partial charge is 0.466 e. The molecule has 0 bridgehead atoms. The topological polar surface area (TPSA) is 38.3 Å². The summed E-state index contributed by atoms with van der Waals surface area (Å²) in [6, 6.07) is 0.516. The molecule has 0 fully saturated rings. The second-order valence-corrected chi connectivity index (χ2v) is 4.45. The SMILES string of the molecule is CC/C(=C/CNC(CC)CSC)C(=O)OC. The van der Waals surface area contributed by atoms with Crippen molar-refractivity contribution in [3.63, 3.8) is 0 Å². The van der Waals surface area contributed by atoms with Gasteiger partial charge in [-0.3, -0.25) is 0 Å². The van der Waals surface area contributed by atoms with Gasteiger partial charge in [0.25, 0.3) is 0 Å². The van der Waals surface area contributed by atoms with E-state index in [1.807, 2.05) is 24.8 Å². The Bertz CT molecular complexity index is 229. The molecule has 0 radical (unpaired) electrons. The molecule has 1 unspecified atom stereocenters. The van der Waals surface area contributed by atoms with Crippen molar-refractivity contribution in [2.24, 2.45) is 0 Å². The van der Waals surface area contributed by atoms with E-state index < -0.39 is 0 Å². The fourth-order valence-corrected chi connectivity index (χ4v) is 2.13. The first kappa shape index (κ1) is 15.5. The molecule has 4 heteroatoms. The molecule has 3 nitrogen and oxygen atoms in total.